The Labute approximate surface area is 142 Å². The number of nitrogens with zero attached hydrogens (tertiary/aromatic N) is 1. The Hall–Kier alpha value is -1.10. The Bertz CT molecular complexity index is 526. The van der Waals surface area contributed by atoms with E-state index in [-0.39, 0.29) is 24.0 Å². The van der Waals surface area contributed by atoms with Gasteiger partial charge in [-0.1, -0.05) is 23.7 Å². The fraction of sp³-hybridized carbons (Fsp3) is 0.611. The van der Waals surface area contributed by atoms with Crippen molar-refractivity contribution in [2.24, 2.45) is 5.92 Å². The molecule has 4 nitrogen and oxygen atoms in total. The standard InChI is InChI=1S/C18H25ClN2O2/c19-15-4-1-13(2-5-15)12-21-9-7-16(8-10-21)20-18(23)14-3-6-17(22)11-14/h1-2,4-5,14,16-17,22H,3,6-12H2,(H,20,23)/t14-,17-/m1/s1. The van der Waals surface area contributed by atoms with Crippen molar-refractivity contribution in [3.8, 4) is 0 Å². The van der Waals surface area contributed by atoms with Gasteiger partial charge < -0.3 is 10.4 Å². The van der Waals surface area contributed by atoms with E-state index in [1.165, 1.54) is 5.56 Å². The van der Waals surface area contributed by atoms with Crippen molar-refractivity contribution in [1.29, 1.82) is 0 Å². The van der Waals surface area contributed by atoms with Crippen LogP contribution < -0.4 is 5.32 Å². The van der Waals surface area contributed by atoms with Crippen molar-refractivity contribution in [3.63, 3.8) is 0 Å². The van der Waals surface area contributed by atoms with Crippen LogP contribution in [0.4, 0.5) is 0 Å². The van der Waals surface area contributed by atoms with Gasteiger partial charge in [-0.05, 0) is 49.8 Å². The highest BCUT2D eigenvalue weighted by atomic mass is 35.5. The van der Waals surface area contributed by atoms with Gasteiger partial charge in [0.15, 0.2) is 0 Å². The molecule has 1 amide bonds. The van der Waals surface area contributed by atoms with Crippen LogP contribution in [0.25, 0.3) is 0 Å². The molecule has 1 aromatic carbocycles. The Kier molecular flexibility index (Phi) is 5.57. The Balaban J connectivity index is 1.41. The van der Waals surface area contributed by atoms with Crippen LogP contribution in [0.15, 0.2) is 24.3 Å². The molecule has 3 rings (SSSR count). The van der Waals surface area contributed by atoms with Gasteiger partial charge in [-0.25, -0.2) is 0 Å². The van der Waals surface area contributed by atoms with Crippen molar-refractivity contribution < 1.29 is 9.90 Å². The number of nitrogens with one attached hydrogen (secondary N) is 1. The largest absolute Gasteiger partial charge is 0.393 e. The Morgan fingerprint density at radius 3 is 2.48 bits per heavy atom. The number of piperidine rings is 1. The van der Waals surface area contributed by atoms with Gasteiger partial charge in [0.25, 0.3) is 0 Å². The van der Waals surface area contributed by atoms with E-state index in [4.69, 9.17) is 11.6 Å². The van der Waals surface area contributed by atoms with E-state index < -0.39 is 0 Å². The minimum absolute atomic E-state index is 0.0112. The van der Waals surface area contributed by atoms with Crippen LogP contribution in [0.1, 0.15) is 37.7 Å². The summed E-state index contributed by atoms with van der Waals surface area (Å²) in [5, 5.41) is 13.5. The van der Waals surface area contributed by atoms with E-state index >= 15 is 0 Å². The van der Waals surface area contributed by atoms with Crippen molar-refractivity contribution in [3.05, 3.63) is 34.9 Å². The van der Waals surface area contributed by atoms with Crippen molar-refractivity contribution in [1.82, 2.24) is 10.2 Å². The van der Waals surface area contributed by atoms with Gasteiger partial charge in [-0.2, -0.15) is 0 Å². The van der Waals surface area contributed by atoms with Gasteiger partial charge >= 0.3 is 0 Å². The van der Waals surface area contributed by atoms with Crippen molar-refractivity contribution in [2.75, 3.05) is 13.1 Å². The third-order valence-electron chi connectivity index (χ3n) is 5.03. The van der Waals surface area contributed by atoms with Gasteiger partial charge in [-0.15, -0.1) is 0 Å². The number of hydrogen-bond acceptors (Lipinski definition) is 3. The number of benzene rings is 1. The predicted octanol–water partition coefficient (Wildman–Crippen LogP) is 2.58. The smallest absolute Gasteiger partial charge is 0.223 e. The van der Waals surface area contributed by atoms with Gasteiger partial charge in [0, 0.05) is 36.6 Å². The average molecular weight is 337 g/mol. The summed E-state index contributed by atoms with van der Waals surface area (Å²) in [6.45, 7) is 2.94. The van der Waals surface area contributed by atoms with Crippen LogP contribution in [-0.2, 0) is 11.3 Å². The molecule has 1 saturated carbocycles. The van der Waals surface area contributed by atoms with Crippen LogP contribution in [0.5, 0.6) is 0 Å². The third-order valence-corrected chi connectivity index (χ3v) is 5.28. The summed E-state index contributed by atoms with van der Waals surface area (Å²) in [4.78, 5) is 14.6. The molecule has 1 aliphatic heterocycles. The number of hydrogen-bond donors (Lipinski definition) is 2. The minimum atomic E-state index is -0.285. The lowest BCUT2D eigenvalue weighted by Crippen LogP contribution is -2.45. The summed E-state index contributed by atoms with van der Waals surface area (Å²) in [6.07, 6.45) is 3.91. The van der Waals surface area contributed by atoms with Crippen LogP contribution in [-0.4, -0.2) is 41.1 Å². The van der Waals surface area contributed by atoms with E-state index in [2.05, 4.69) is 22.3 Å². The first kappa shape index (κ1) is 16.7. The molecular weight excluding hydrogens is 312 g/mol. The highest BCUT2D eigenvalue weighted by Crippen LogP contribution is 2.26. The second-order valence-corrected chi connectivity index (χ2v) is 7.29. The minimum Gasteiger partial charge on any atom is -0.393 e. The van der Waals surface area contributed by atoms with E-state index in [9.17, 15) is 9.90 Å². The van der Waals surface area contributed by atoms with Crippen LogP contribution >= 0.6 is 11.6 Å². The highest BCUT2D eigenvalue weighted by molar-refractivity contribution is 6.30. The van der Waals surface area contributed by atoms with Gasteiger partial charge in [0.1, 0.15) is 0 Å². The topological polar surface area (TPSA) is 52.6 Å². The lowest BCUT2D eigenvalue weighted by Gasteiger charge is -2.32. The molecule has 0 spiro atoms. The number of carbonyl (C=O) groups is 1. The van der Waals surface area contributed by atoms with Gasteiger partial charge in [-0.3, -0.25) is 9.69 Å². The van der Waals surface area contributed by atoms with Crippen LogP contribution in [0.3, 0.4) is 0 Å². The summed E-state index contributed by atoms with van der Waals surface area (Å²) in [5.74, 6) is 0.148. The molecule has 1 aliphatic carbocycles. The molecule has 1 aromatic rings. The van der Waals surface area contributed by atoms with Crippen LogP contribution in [0.2, 0.25) is 5.02 Å². The second-order valence-electron chi connectivity index (χ2n) is 6.85. The third kappa shape index (κ3) is 4.69. The lowest BCUT2D eigenvalue weighted by molar-refractivity contribution is -0.126. The summed E-state index contributed by atoms with van der Waals surface area (Å²) in [7, 11) is 0. The van der Waals surface area contributed by atoms with Crippen molar-refractivity contribution in [2.45, 2.75) is 50.8 Å². The highest BCUT2D eigenvalue weighted by Gasteiger charge is 2.30. The normalized spacial score (nSPS) is 26.3. The number of aliphatic hydroxyl groups excluding tert-OH is 1. The Morgan fingerprint density at radius 2 is 1.87 bits per heavy atom. The summed E-state index contributed by atoms with van der Waals surface area (Å²) in [6, 6.07) is 8.28. The molecule has 126 valence electrons. The zero-order valence-electron chi connectivity index (χ0n) is 13.4. The first-order valence-electron chi connectivity index (χ1n) is 8.55. The lowest BCUT2D eigenvalue weighted by atomic mass is 10.0. The molecule has 23 heavy (non-hydrogen) atoms. The maximum atomic E-state index is 12.2. The summed E-state index contributed by atoms with van der Waals surface area (Å²) < 4.78 is 0. The quantitative estimate of drug-likeness (QED) is 0.888. The Morgan fingerprint density at radius 1 is 1.17 bits per heavy atom. The maximum Gasteiger partial charge on any atom is 0.223 e. The number of halogens is 1. The van der Waals surface area contributed by atoms with E-state index in [0.29, 0.717) is 6.42 Å². The first-order valence-corrected chi connectivity index (χ1v) is 8.93. The van der Waals surface area contributed by atoms with E-state index in [1.807, 2.05) is 12.1 Å². The molecular formula is C18H25ClN2O2. The number of aliphatic hydroxyl groups is 1. The summed E-state index contributed by atoms with van der Waals surface area (Å²) >= 11 is 5.92. The first-order chi connectivity index (χ1) is 11.1. The average Bonchev–Trinajstić information content (AvgIpc) is 2.98. The monoisotopic (exact) mass is 336 g/mol. The molecule has 1 saturated heterocycles. The molecule has 0 bridgehead atoms. The molecule has 1 heterocycles. The number of likely N-dealkylation sites (tertiary alicyclic amines) is 1. The molecule has 2 aliphatic rings. The van der Waals surface area contributed by atoms with E-state index in [0.717, 1.165) is 50.3 Å². The molecule has 5 heteroatoms. The fourth-order valence-corrected chi connectivity index (χ4v) is 3.72. The van der Waals surface area contributed by atoms with E-state index in [1.54, 1.807) is 0 Å². The molecule has 0 radical (unpaired) electrons. The number of amides is 1. The maximum absolute atomic E-state index is 12.2. The molecule has 0 unspecified atom stereocenters. The number of carbonyl (C=O) groups excluding carboxylic acids is 1. The zero-order valence-corrected chi connectivity index (χ0v) is 14.1. The molecule has 2 atom stereocenters. The molecule has 2 fully saturated rings. The molecule has 2 N–H and O–H groups in total. The fourth-order valence-electron chi connectivity index (χ4n) is 3.60. The predicted molar refractivity (Wildman–Crippen MR) is 91.2 cm³/mol. The van der Waals surface area contributed by atoms with Crippen molar-refractivity contribution >= 4 is 17.5 Å². The number of rotatable bonds is 4. The second kappa shape index (κ2) is 7.65. The van der Waals surface area contributed by atoms with Gasteiger partial charge in [0.2, 0.25) is 5.91 Å². The van der Waals surface area contributed by atoms with Crippen LogP contribution in [0, 0.1) is 5.92 Å². The molecule has 0 aromatic heterocycles. The van der Waals surface area contributed by atoms with Gasteiger partial charge in [0.05, 0.1) is 6.10 Å². The summed E-state index contributed by atoms with van der Waals surface area (Å²) in [5.41, 5.74) is 1.27. The zero-order chi connectivity index (χ0) is 16.2. The SMILES string of the molecule is O=C(NC1CCN(Cc2ccc(Cl)cc2)CC1)[C@@H]1CC[C@@H](O)C1.